The molecule has 0 spiro atoms. The molecule has 1 aliphatic carbocycles. The Bertz CT molecular complexity index is 354. The minimum Gasteiger partial charge on any atom is -0.311 e. The number of piperazine rings is 1. The van der Waals surface area contributed by atoms with Crippen LogP contribution in [0.2, 0.25) is 0 Å². The van der Waals surface area contributed by atoms with E-state index in [0.717, 1.165) is 32.2 Å². The van der Waals surface area contributed by atoms with Crippen molar-refractivity contribution in [2.45, 2.75) is 57.7 Å². The summed E-state index contributed by atoms with van der Waals surface area (Å²) in [6.45, 7) is 5.49. The van der Waals surface area contributed by atoms with Gasteiger partial charge < -0.3 is 5.32 Å². The van der Waals surface area contributed by atoms with Crippen molar-refractivity contribution < 1.29 is 8.42 Å². The third-order valence-corrected chi connectivity index (χ3v) is 5.31. The van der Waals surface area contributed by atoms with Crippen LogP contribution in [-0.2, 0) is 10.2 Å². The quantitative estimate of drug-likeness (QED) is 0.755. The van der Waals surface area contributed by atoms with E-state index in [2.05, 4.69) is 17.0 Å². The normalized spacial score (nSPS) is 31.6. The predicted octanol–water partition coefficient (Wildman–Crippen LogP) is 0.446. The number of rotatable bonds is 5. The molecule has 1 heterocycles. The highest BCUT2D eigenvalue weighted by molar-refractivity contribution is 7.87. The van der Waals surface area contributed by atoms with Crippen LogP contribution in [0.1, 0.15) is 39.5 Å². The molecule has 0 aromatic heterocycles. The van der Waals surface area contributed by atoms with E-state index in [1.54, 1.807) is 4.31 Å². The number of nitrogens with zero attached hydrogens (tertiary/aromatic N) is 1. The van der Waals surface area contributed by atoms with E-state index in [0.29, 0.717) is 6.54 Å². The average Bonchev–Trinajstić information content (AvgIpc) is 3.11. The van der Waals surface area contributed by atoms with Crippen LogP contribution in [0.15, 0.2) is 0 Å². The van der Waals surface area contributed by atoms with Crippen LogP contribution >= 0.6 is 0 Å². The fraction of sp³-hybridized carbons (Fsp3) is 1.00. The third-order valence-electron chi connectivity index (χ3n) is 3.62. The van der Waals surface area contributed by atoms with Crippen molar-refractivity contribution in [1.82, 2.24) is 14.3 Å². The Hall–Kier alpha value is -0.170. The van der Waals surface area contributed by atoms with Crippen molar-refractivity contribution in [2.24, 2.45) is 0 Å². The van der Waals surface area contributed by atoms with Crippen LogP contribution in [0, 0.1) is 0 Å². The summed E-state index contributed by atoms with van der Waals surface area (Å²) < 4.78 is 28.9. The summed E-state index contributed by atoms with van der Waals surface area (Å²) in [5.41, 5.74) is 0. The average molecular weight is 261 g/mol. The number of hydrogen-bond acceptors (Lipinski definition) is 3. The second-order valence-electron chi connectivity index (χ2n) is 5.04. The molecule has 0 aromatic rings. The van der Waals surface area contributed by atoms with Gasteiger partial charge in [-0.05, 0) is 25.7 Å². The number of hydrogen-bond donors (Lipinski definition) is 2. The lowest BCUT2D eigenvalue weighted by atomic mass is 10.1. The molecule has 2 aliphatic rings. The fourth-order valence-electron chi connectivity index (χ4n) is 2.23. The zero-order chi connectivity index (χ0) is 12.5. The van der Waals surface area contributed by atoms with Crippen LogP contribution < -0.4 is 10.0 Å². The highest BCUT2D eigenvalue weighted by Gasteiger charge is 2.37. The van der Waals surface area contributed by atoms with Gasteiger partial charge in [0.1, 0.15) is 0 Å². The van der Waals surface area contributed by atoms with Gasteiger partial charge in [0.05, 0.1) is 0 Å². The molecule has 2 atom stereocenters. The smallest absolute Gasteiger partial charge is 0.280 e. The molecule has 17 heavy (non-hydrogen) atoms. The zero-order valence-corrected chi connectivity index (χ0v) is 11.5. The molecule has 1 aliphatic heterocycles. The van der Waals surface area contributed by atoms with Crippen molar-refractivity contribution in [3.05, 3.63) is 0 Å². The molecule has 2 rings (SSSR count). The van der Waals surface area contributed by atoms with E-state index < -0.39 is 10.2 Å². The van der Waals surface area contributed by atoms with E-state index in [9.17, 15) is 8.42 Å². The van der Waals surface area contributed by atoms with E-state index in [1.165, 1.54) is 0 Å². The molecule has 5 nitrogen and oxygen atoms in total. The molecule has 1 saturated heterocycles. The van der Waals surface area contributed by atoms with Crippen molar-refractivity contribution in [2.75, 3.05) is 13.1 Å². The van der Waals surface area contributed by atoms with Gasteiger partial charge in [0.15, 0.2) is 0 Å². The molecule has 2 fully saturated rings. The van der Waals surface area contributed by atoms with Crippen molar-refractivity contribution >= 4 is 10.2 Å². The minimum absolute atomic E-state index is 0.0917. The molecule has 1 saturated carbocycles. The molecular formula is C11H23N3O2S. The Morgan fingerprint density at radius 1 is 1.29 bits per heavy atom. The van der Waals surface area contributed by atoms with E-state index in [-0.39, 0.29) is 18.1 Å². The van der Waals surface area contributed by atoms with Gasteiger partial charge in [-0.1, -0.05) is 13.8 Å². The summed E-state index contributed by atoms with van der Waals surface area (Å²) in [7, 11) is -3.28. The van der Waals surface area contributed by atoms with Crippen LogP contribution in [0.4, 0.5) is 0 Å². The first-order valence-corrected chi connectivity index (χ1v) is 8.03. The molecule has 2 N–H and O–H groups in total. The highest BCUT2D eigenvalue weighted by atomic mass is 32.2. The standard InChI is InChI=1S/C11H23N3O2S/c1-3-9-8-14(11(4-2)7-12-9)17(15,16)13-10-5-6-10/h9-13H,3-8H2,1-2H3. The monoisotopic (exact) mass is 261 g/mol. The predicted molar refractivity (Wildman–Crippen MR) is 67.9 cm³/mol. The van der Waals surface area contributed by atoms with Crippen LogP contribution in [-0.4, -0.2) is 43.9 Å². The summed E-state index contributed by atoms with van der Waals surface area (Å²) in [5.74, 6) is 0. The third kappa shape index (κ3) is 3.19. The first-order chi connectivity index (χ1) is 8.06. The lowest BCUT2D eigenvalue weighted by Gasteiger charge is -2.38. The Morgan fingerprint density at radius 2 is 2.00 bits per heavy atom. The van der Waals surface area contributed by atoms with Crippen molar-refractivity contribution in [3.63, 3.8) is 0 Å². The SMILES string of the molecule is CCC1CN(S(=O)(=O)NC2CC2)C(CC)CN1. The maximum absolute atomic E-state index is 12.3. The zero-order valence-electron chi connectivity index (χ0n) is 10.6. The number of nitrogens with one attached hydrogen (secondary N) is 2. The van der Waals surface area contributed by atoms with Crippen molar-refractivity contribution in [3.8, 4) is 0 Å². The summed E-state index contributed by atoms with van der Waals surface area (Å²) in [6.07, 6.45) is 3.79. The topological polar surface area (TPSA) is 61.4 Å². The second-order valence-corrected chi connectivity index (χ2v) is 6.70. The van der Waals surface area contributed by atoms with Crippen LogP contribution in [0.5, 0.6) is 0 Å². The second kappa shape index (κ2) is 5.22. The van der Waals surface area contributed by atoms with E-state index in [1.807, 2.05) is 6.92 Å². The Labute approximate surface area is 104 Å². The highest BCUT2D eigenvalue weighted by Crippen LogP contribution is 2.23. The molecule has 100 valence electrons. The van der Waals surface area contributed by atoms with Gasteiger partial charge in [0.2, 0.25) is 0 Å². The summed E-state index contributed by atoms with van der Waals surface area (Å²) >= 11 is 0. The summed E-state index contributed by atoms with van der Waals surface area (Å²) in [5, 5.41) is 3.41. The minimum atomic E-state index is -3.28. The molecule has 0 aromatic carbocycles. The Kier molecular flexibility index (Phi) is 4.07. The van der Waals surface area contributed by atoms with Crippen molar-refractivity contribution in [1.29, 1.82) is 0 Å². The van der Waals surface area contributed by atoms with Gasteiger partial charge in [-0.2, -0.15) is 17.4 Å². The summed E-state index contributed by atoms with van der Waals surface area (Å²) in [4.78, 5) is 0. The maximum Gasteiger partial charge on any atom is 0.280 e. The van der Waals surface area contributed by atoms with Gasteiger partial charge >= 0.3 is 0 Å². The largest absolute Gasteiger partial charge is 0.311 e. The van der Waals surface area contributed by atoms with Gasteiger partial charge in [-0.25, -0.2) is 0 Å². The van der Waals surface area contributed by atoms with Crippen LogP contribution in [0.3, 0.4) is 0 Å². The van der Waals surface area contributed by atoms with E-state index in [4.69, 9.17) is 0 Å². The van der Waals surface area contributed by atoms with Gasteiger partial charge in [-0.3, -0.25) is 0 Å². The van der Waals surface area contributed by atoms with Crippen LogP contribution in [0.25, 0.3) is 0 Å². The molecular weight excluding hydrogens is 238 g/mol. The van der Waals surface area contributed by atoms with Gasteiger partial charge in [-0.15, -0.1) is 0 Å². The molecule has 0 bridgehead atoms. The lowest BCUT2D eigenvalue weighted by molar-refractivity contribution is 0.213. The molecule has 2 unspecified atom stereocenters. The Balaban J connectivity index is 2.07. The van der Waals surface area contributed by atoms with Gasteiger partial charge in [0.25, 0.3) is 10.2 Å². The maximum atomic E-state index is 12.3. The van der Waals surface area contributed by atoms with Gasteiger partial charge in [0, 0.05) is 31.2 Å². The summed E-state index contributed by atoms with van der Waals surface area (Å²) in [6, 6.07) is 0.565. The van der Waals surface area contributed by atoms with E-state index >= 15 is 0 Å². The molecule has 6 heteroatoms. The molecule has 0 amide bonds. The molecule has 0 radical (unpaired) electrons. The fourth-order valence-corrected chi connectivity index (χ4v) is 4.02. The lowest BCUT2D eigenvalue weighted by Crippen LogP contribution is -2.60. The Morgan fingerprint density at radius 3 is 2.53 bits per heavy atom. The first-order valence-electron chi connectivity index (χ1n) is 6.59. The first kappa shape index (κ1) is 13.3.